The van der Waals surface area contributed by atoms with Crippen molar-refractivity contribution in [1.29, 1.82) is 5.41 Å². The molecule has 11 nitrogen and oxygen atoms in total. The monoisotopic (exact) mass is 335 g/mol. The third-order valence-electron chi connectivity index (χ3n) is 2.86. The molecule has 0 fully saturated rings. The van der Waals surface area contributed by atoms with Crippen molar-refractivity contribution in [3.8, 4) is 0 Å². The van der Waals surface area contributed by atoms with E-state index in [0.29, 0.717) is 5.52 Å². The molecule has 0 saturated heterocycles. The summed E-state index contributed by atoms with van der Waals surface area (Å²) in [7, 11) is 0. The lowest BCUT2D eigenvalue weighted by Crippen LogP contribution is -2.22. The summed E-state index contributed by atoms with van der Waals surface area (Å²) in [6, 6.07) is 3.05. The number of nitrogens with two attached hydrogens (primary N) is 1. The molecule has 2 amide bonds. The van der Waals surface area contributed by atoms with Crippen LogP contribution in [-0.2, 0) is 9.47 Å². The zero-order valence-electron chi connectivity index (χ0n) is 13.1. The maximum Gasteiger partial charge on any atom is 0.411 e. The van der Waals surface area contributed by atoms with Gasteiger partial charge in [-0.1, -0.05) is 5.21 Å². The molecule has 0 aliphatic rings. The summed E-state index contributed by atoms with van der Waals surface area (Å²) in [5.41, 5.74) is 6.43. The summed E-state index contributed by atoms with van der Waals surface area (Å²) in [5.74, 6) is -0.342. The second-order valence-corrected chi connectivity index (χ2v) is 4.43. The molecule has 0 aliphatic carbocycles. The molecule has 0 atom stereocenters. The minimum atomic E-state index is -0.728. The van der Waals surface area contributed by atoms with Crippen LogP contribution in [0.1, 0.15) is 13.8 Å². The number of nitrogens with one attached hydrogen (secondary N) is 3. The number of nitrogens with zero attached hydrogens (tertiary/aromatic N) is 3. The van der Waals surface area contributed by atoms with Crippen LogP contribution < -0.4 is 16.4 Å². The molecule has 1 aromatic heterocycles. The number of hydrogen-bond acceptors (Lipinski definition) is 7. The van der Waals surface area contributed by atoms with Crippen LogP contribution >= 0.6 is 0 Å². The molecule has 0 spiro atoms. The van der Waals surface area contributed by atoms with Crippen LogP contribution in [0.25, 0.3) is 11.0 Å². The first-order valence-corrected chi connectivity index (χ1v) is 7.08. The van der Waals surface area contributed by atoms with E-state index in [-0.39, 0.29) is 36.1 Å². The van der Waals surface area contributed by atoms with Crippen molar-refractivity contribution < 1.29 is 19.1 Å². The van der Waals surface area contributed by atoms with E-state index in [4.69, 9.17) is 20.6 Å². The van der Waals surface area contributed by atoms with E-state index in [2.05, 4.69) is 20.9 Å². The van der Waals surface area contributed by atoms with Crippen molar-refractivity contribution >= 4 is 40.6 Å². The van der Waals surface area contributed by atoms with Crippen molar-refractivity contribution in [3.05, 3.63) is 12.1 Å². The number of fused-ring (bicyclic) bond motifs is 1. The number of rotatable bonds is 4. The molecule has 1 aromatic carbocycles. The van der Waals surface area contributed by atoms with Gasteiger partial charge >= 0.3 is 12.2 Å². The Balaban J connectivity index is 2.49. The average molecular weight is 335 g/mol. The van der Waals surface area contributed by atoms with Crippen LogP contribution in [0.5, 0.6) is 0 Å². The van der Waals surface area contributed by atoms with Gasteiger partial charge in [-0.25, -0.2) is 9.59 Å². The Kier molecular flexibility index (Phi) is 5.14. The predicted octanol–water partition coefficient (Wildman–Crippen LogP) is 1.31. The third kappa shape index (κ3) is 3.51. The lowest BCUT2D eigenvalue weighted by atomic mass is 10.2. The van der Waals surface area contributed by atoms with Gasteiger partial charge in [0.05, 0.1) is 24.6 Å². The fourth-order valence-corrected chi connectivity index (χ4v) is 1.94. The number of amides is 2. The van der Waals surface area contributed by atoms with E-state index < -0.39 is 12.2 Å². The molecule has 2 rings (SSSR count). The number of carbonyl (C=O) groups excluding carboxylic acids is 2. The molecule has 0 radical (unpaired) electrons. The topological polar surface area (TPSA) is 157 Å². The highest BCUT2D eigenvalue weighted by Gasteiger charge is 2.18. The lowest BCUT2D eigenvalue weighted by molar-refractivity contribution is 0.166. The standard InChI is InChI=1S/C13H17N7O4/c1-3-23-12(21)16-7-5-6-8-10(18-19-20(8)11(14)15)9(7)17-13(22)24-4-2/h5-6H,3-4H2,1-2H3,(H3,14,15)(H,16,21)(H,17,22). The van der Waals surface area contributed by atoms with Crippen LogP contribution in [0, 0.1) is 5.41 Å². The van der Waals surface area contributed by atoms with E-state index in [9.17, 15) is 9.59 Å². The number of nitrogen functional groups attached to an aromatic ring is 1. The molecular weight excluding hydrogens is 318 g/mol. The average Bonchev–Trinajstić information content (AvgIpc) is 2.94. The van der Waals surface area contributed by atoms with Crippen LogP contribution in [0.3, 0.4) is 0 Å². The van der Waals surface area contributed by atoms with Crippen molar-refractivity contribution in [2.24, 2.45) is 5.73 Å². The largest absolute Gasteiger partial charge is 0.450 e. The zero-order chi connectivity index (χ0) is 17.7. The second-order valence-electron chi connectivity index (χ2n) is 4.43. The Bertz CT molecular complexity index is 786. The van der Waals surface area contributed by atoms with E-state index in [1.54, 1.807) is 19.9 Å². The SMILES string of the molecule is CCOC(=O)Nc1ccc2c(nnn2C(=N)N)c1NC(=O)OCC. The number of benzene rings is 1. The molecular formula is C13H17N7O4. The summed E-state index contributed by atoms with van der Waals surface area (Å²) in [6.07, 6.45) is -1.42. The third-order valence-corrected chi connectivity index (χ3v) is 2.86. The predicted molar refractivity (Wildman–Crippen MR) is 86.1 cm³/mol. The van der Waals surface area contributed by atoms with Gasteiger partial charge in [0.25, 0.3) is 0 Å². The van der Waals surface area contributed by atoms with E-state index in [0.717, 1.165) is 4.68 Å². The minimum absolute atomic E-state index is 0.159. The Morgan fingerprint density at radius 1 is 1.21 bits per heavy atom. The van der Waals surface area contributed by atoms with Gasteiger partial charge in [0, 0.05) is 0 Å². The second kappa shape index (κ2) is 7.26. The molecule has 0 unspecified atom stereocenters. The van der Waals surface area contributed by atoms with Gasteiger partial charge in [-0.15, -0.1) is 5.10 Å². The fourth-order valence-electron chi connectivity index (χ4n) is 1.94. The highest BCUT2D eigenvalue weighted by molar-refractivity contribution is 6.07. The van der Waals surface area contributed by atoms with Gasteiger partial charge in [-0.3, -0.25) is 16.0 Å². The number of ether oxygens (including phenoxy) is 2. The Morgan fingerprint density at radius 2 is 1.83 bits per heavy atom. The number of aromatic nitrogens is 3. The van der Waals surface area contributed by atoms with Gasteiger partial charge in [0.1, 0.15) is 11.0 Å². The van der Waals surface area contributed by atoms with Gasteiger partial charge in [0.15, 0.2) is 0 Å². The fraction of sp³-hybridized carbons (Fsp3) is 0.308. The first-order valence-electron chi connectivity index (χ1n) is 7.08. The van der Waals surface area contributed by atoms with Crippen molar-refractivity contribution in [3.63, 3.8) is 0 Å². The van der Waals surface area contributed by atoms with E-state index >= 15 is 0 Å². The molecule has 11 heteroatoms. The molecule has 0 saturated carbocycles. The van der Waals surface area contributed by atoms with Crippen molar-refractivity contribution in [1.82, 2.24) is 15.0 Å². The normalized spacial score (nSPS) is 10.2. The van der Waals surface area contributed by atoms with Crippen LogP contribution in [0.4, 0.5) is 21.0 Å². The Morgan fingerprint density at radius 3 is 2.42 bits per heavy atom. The lowest BCUT2D eigenvalue weighted by Gasteiger charge is -2.12. The van der Waals surface area contributed by atoms with E-state index in [1.807, 2.05) is 0 Å². The zero-order valence-corrected chi connectivity index (χ0v) is 13.1. The Labute approximate surface area is 136 Å². The first kappa shape index (κ1) is 17.0. The summed E-state index contributed by atoms with van der Waals surface area (Å²) >= 11 is 0. The smallest absolute Gasteiger partial charge is 0.411 e. The van der Waals surface area contributed by atoms with Crippen LogP contribution in [-0.4, -0.2) is 46.4 Å². The van der Waals surface area contributed by atoms with Crippen molar-refractivity contribution in [2.45, 2.75) is 13.8 Å². The molecule has 2 aromatic rings. The van der Waals surface area contributed by atoms with Gasteiger partial charge < -0.3 is 15.2 Å². The number of anilines is 2. The highest BCUT2D eigenvalue weighted by Crippen LogP contribution is 2.30. The van der Waals surface area contributed by atoms with Crippen molar-refractivity contribution in [2.75, 3.05) is 23.8 Å². The molecule has 1 heterocycles. The van der Waals surface area contributed by atoms with Gasteiger partial charge in [-0.2, -0.15) is 4.68 Å². The Hall–Kier alpha value is -3.37. The first-order chi connectivity index (χ1) is 11.5. The quantitative estimate of drug-likeness (QED) is 0.484. The number of carbonyl (C=O) groups is 2. The van der Waals surface area contributed by atoms with Gasteiger partial charge in [-0.05, 0) is 26.0 Å². The van der Waals surface area contributed by atoms with Crippen LogP contribution in [0.15, 0.2) is 12.1 Å². The molecule has 5 N–H and O–H groups in total. The highest BCUT2D eigenvalue weighted by atomic mass is 16.6. The maximum absolute atomic E-state index is 11.8. The maximum atomic E-state index is 11.8. The molecule has 24 heavy (non-hydrogen) atoms. The number of hydrogen-bond donors (Lipinski definition) is 4. The molecule has 0 bridgehead atoms. The van der Waals surface area contributed by atoms with E-state index in [1.165, 1.54) is 6.07 Å². The summed E-state index contributed by atoms with van der Waals surface area (Å²) in [6.45, 7) is 3.68. The summed E-state index contributed by atoms with van der Waals surface area (Å²) in [4.78, 5) is 23.4. The summed E-state index contributed by atoms with van der Waals surface area (Å²) in [5, 5.41) is 20.1. The summed E-state index contributed by atoms with van der Waals surface area (Å²) < 4.78 is 10.7. The van der Waals surface area contributed by atoms with Crippen LogP contribution in [0.2, 0.25) is 0 Å². The molecule has 128 valence electrons. The van der Waals surface area contributed by atoms with Gasteiger partial charge in [0.2, 0.25) is 5.96 Å². The minimum Gasteiger partial charge on any atom is -0.450 e. The molecule has 0 aliphatic heterocycles.